The molecule has 0 aliphatic carbocycles. The van der Waals surface area contributed by atoms with Crippen LogP contribution in [-0.4, -0.2) is 5.48 Å². The van der Waals surface area contributed by atoms with Crippen LogP contribution in [0.2, 0.25) is 0 Å². The second-order valence-electron chi connectivity index (χ2n) is 0. The molecule has 0 atom stereocenters. The SMILES string of the molecule is N.N.N.N.O.[Ru]. The van der Waals surface area contributed by atoms with Crippen molar-refractivity contribution >= 4 is 0 Å². The van der Waals surface area contributed by atoms with Crippen molar-refractivity contribution in [2.75, 3.05) is 0 Å². The molecule has 5 nitrogen and oxygen atoms in total. The molecule has 14 N–H and O–H groups in total. The molecule has 0 unspecified atom stereocenters. The summed E-state index contributed by atoms with van der Waals surface area (Å²) in [5, 5.41) is 0. The van der Waals surface area contributed by atoms with Gasteiger partial charge in [-0.1, -0.05) is 0 Å². The van der Waals surface area contributed by atoms with E-state index in [4.69, 9.17) is 0 Å². The van der Waals surface area contributed by atoms with E-state index in [1.165, 1.54) is 0 Å². The molecular formula is H14N4ORu. The van der Waals surface area contributed by atoms with E-state index in [-0.39, 0.29) is 49.6 Å². The molecule has 0 heterocycles. The topological polar surface area (TPSA) is 172 Å². The molecule has 0 aromatic heterocycles. The summed E-state index contributed by atoms with van der Waals surface area (Å²) in [5.41, 5.74) is 0. The molecule has 0 rings (SSSR count). The van der Waals surface area contributed by atoms with Gasteiger partial charge in [0, 0.05) is 19.5 Å². The fraction of sp³-hybridized carbons (Fsp3) is 0. The molecule has 0 fully saturated rings. The molecular weight excluding hydrogens is 173 g/mol. The fourth-order valence-electron chi connectivity index (χ4n) is 0. The summed E-state index contributed by atoms with van der Waals surface area (Å²) in [4.78, 5) is 0. The summed E-state index contributed by atoms with van der Waals surface area (Å²) in [6.07, 6.45) is 0. The van der Waals surface area contributed by atoms with Gasteiger partial charge < -0.3 is 30.1 Å². The maximum absolute atomic E-state index is 0. The first-order valence-electron chi connectivity index (χ1n) is 0. The molecule has 0 aliphatic rings. The van der Waals surface area contributed by atoms with Crippen LogP contribution in [-0.2, 0) is 19.5 Å². The van der Waals surface area contributed by atoms with Gasteiger partial charge in [-0.3, -0.25) is 0 Å². The molecule has 0 bridgehead atoms. The monoisotopic (exact) mass is 188 g/mol. The zero-order valence-electron chi connectivity index (χ0n) is 3.68. The summed E-state index contributed by atoms with van der Waals surface area (Å²) >= 11 is 0. The maximum atomic E-state index is 0. The third-order valence-electron chi connectivity index (χ3n) is 0. The molecule has 6 heavy (non-hydrogen) atoms. The molecule has 0 aliphatic heterocycles. The van der Waals surface area contributed by atoms with Crippen LogP contribution >= 0.6 is 0 Å². The first kappa shape index (κ1) is 1050. The Hall–Kier alpha value is 0.423. The van der Waals surface area contributed by atoms with Crippen molar-refractivity contribution in [3.05, 3.63) is 0 Å². The first-order chi connectivity index (χ1) is 0. The predicted molar refractivity (Wildman–Crippen MR) is 23.7 cm³/mol. The molecule has 0 aromatic carbocycles. The summed E-state index contributed by atoms with van der Waals surface area (Å²) in [7, 11) is 0. The predicted octanol–water partition coefficient (Wildman–Crippen LogP) is -0.179. The summed E-state index contributed by atoms with van der Waals surface area (Å²) in [5.74, 6) is 0. The van der Waals surface area contributed by atoms with Gasteiger partial charge in [-0.25, -0.2) is 0 Å². The van der Waals surface area contributed by atoms with E-state index in [9.17, 15) is 0 Å². The molecule has 0 amide bonds. The van der Waals surface area contributed by atoms with Crippen LogP contribution in [0, 0.1) is 0 Å². The Morgan fingerprint density at radius 2 is 0.500 bits per heavy atom. The van der Waals surface area contributed by atoms with E-state index in [0.717, 1.165) is 0 Å². The Morgan fingerprint density at radius 3 is 0.500 bits per heavy atom. The quantitative estimate of drug-likeness (QED) is 0.385. The van der Waals surface area contributed by atoms with Crippen molar-refractivity contribution < 1.29 is 25.0 Å². The molecule has 48 valence electrons. The van der Waals surface area contributed by atoms with Gasteiger partial charge in [0.2, 0.25) is 0 Å². The van der Waals surface area contributed by atoms with Gasteiger partial charge >= 0.3 is 0 Å². The van der Waals surface area contributed by atoms with E-state index >= 15 is 0 Å². The van der Waals surface area contributed by atoms with E-state index in [1.807, 2.05) is 0 Å². The van der Waals surface area contributed by atoms with Crippen LogP contribution < -0.4 is 24.6 Å². The Bertz CT molecular complexity index is 7.51. The average molecular weight is 187 g/mol. The Morgan fingerprint density at radius 1 is 0.500 bits per heavy atom. The Labute approximate surface area is 50.3 Å². The van der Waals surface area contributed by atoms with Crippen LogP contribution in [0.25, 0.3) is 0 Å². The molecule has 0 saturated carbocycles. The van der Waals surface area contributed by atoms with Gasteiger partial charge in [0.25, 0.3) is 0 Å². The minimum Gasteiger partial charge on any atom is -0.412 e. The van der Waals surface area contributed by atoms with E-state index < -0.39 is 0 Å². The van der Waals surface area contributed by atoms with E-state index in [1.54, 1.807) is 0 Å². The number of hydrogen-bond donors (Lipinski definition) is 4. The molecule has 0 aromatic rings. The van der Waals surface area contributed by atoms with E-state index in [0.29, 0.717) is 0 Å². The van der Waals surface area contributed by atoms with E-state index in [2.05, 4.69) is 0 Å². The average Bonchev–Trinajstić information content (AvgIpc) is 0. The van der Waals surface area contributed by atoms with Crippen LogP contribution in [0.4, 0.5) is 0 Å². The fourth-order valence-corrected chi connectivity index (χ4v) is 0. The van der Waals surface area contributed by atoms with Crippen LogP contribution in [0.3, 0.4) is 0 Å². The van der Waals surface area contributed by atoms with Crippen molar-refractivity contribution in [2.45, 2.75) is 0 Å². The zero-order chi connectivity index (χ0) is 0. The third kappa shape index (κ3) is 289. The molecule has 0 saturated heterocycles. The second kappa shape index (κ2) is 592. The van der Waals surface area contributed by atoms with Crippen molar-refractivity contribution in [1.29, 1.82) is 0 Å². The standard InChI is InChI=1S/4H3N.H2O.Ru/h4*1H3;1H2;. The Balaban J connectivity index is 0. The van der Waals surface area contributed by atoms with Gasteiger partial charge in [-0.05, 0) is 0 Å². The smallest absolute Gasteiger partial charge is 0 e. The number of rotatable bonds is 0. The zero-order valence-corrected chi connectivity index (χ0v) is 5.42. The summed E-state index contributed by atoms with van der Waals surface area (Å²) in [6.45, 7) is 0. The van der Waals surface area contributed by atoms with Crippen molar-refractivity contribution in [3.63, 3.8) is 0 Å². The van der Waals surface area contributed by atoms with Crippen LogP contribution in [0.15, 0.2) is 0 Å². The van der Waals surface area contributed by atoms with Gasteiger partial charge in [0.1, 0.15) is 0 Å². The normalized spacial score (nSPS) is 0. The molecule has 6 heteroatoms. The van der Waals surface area contributed by atoms with Crippen molar-refractivity contribution in [1.82, 2.24) is 24.6 Å². The minimum absolute atomic E-state index is 0. The van der Waals surface area contributed by atoms with Gasteiger partial charge in [0.05, 0.1) is 0 Å². The summed E-state index contributed by atoms with van der Waals surface area (Å²) in [6, 6.07) is 0. The molecule has 0 spiro atoms. The third-order valence-corrected chi connectivity index (χ3v) is 0. The van der Waals surface area contributed by atoms with Gasteiger partial charge in [-0.15, -0.1) is 0 Å². The largest absolute Gasteiger partial charge is 0.412 e. The van der Waals surface area contributed by atoms with Gasteiger partial charge in [-0.2, -0.15) is 0 Å². The van der Waals surface area contributed by atoms with Crippen LogP contribution in [0.1, 0.15) is 0 Å². The maximum Gasteiger partial charge on any atom is 0 e. The minimum atomic E-state index is 0. The van der Waals surface area contributed by atoms with Gasteiger partial charge in [0.15, 0.2) is 0 Å². The second-order valence-corrected chi connectivity index (χ2v) is 0. The van der Waals surface area contributed by atoms with Crippen LogP contribution in [0.5, 0.6) is 0 Å². The van der Waals surface area contributed by atoms with Crippen molar-refractivity contribution in [2.24, 2.45) is 0 Å². The number of hydrogen-bond acceptors (Lipinski definition) is 4. The van der Waals surface area contributed by atoms with Crippen molar-refractivity contribution in [3.8, 4) is 0 Å². The Kier molecular flexibility index (Phi) is 104000. The summed E-state index contributed by atoms with van der Waals surface area (Å²) < 4.78 is 0. The molecule has 0 radical (unpaired) electrons. The first-order valence-corrected chi connectivity index (χ1v) is 0.